The Labute approximate surface area is 129 Å². The van der Waals surface area contributed by atoms with Gasteiger partial charge in [-0.25, -0.2) is 4.39 Å². The van der Waals surface area contributed by atoms with E-state index in [1.807, 2.05) is 6.92 Å². The molecule has 2 unspecified atom stereocenters. The van der Waals surface area contributed by atoms with E-state index in [4.69, 9.17) is 5.73 Å². The summed E-state index contributed by atoms with van der Waals surface area (Å²) in [7, 11) is 0. The Morgan fingerprint density at radius 3 is 2.86 bits per heavy atom. The summed E-state index contributed by atoms with van der Waals surface area (Å²) in [4.78, 5) is 12.7. The van der Waals surface area contributed by atoms with Gasteiger partial charge in [-0.15, -0.1) is 12.4 Å². The lowest BCUT2D eigenvalue weighted by Crippen LogP contribution is -2.48. The lowest BCUT2D eigenvalue weighted by atomic mass is 9.96. The molecule has 0 aromatic heterocycles. The maximum Gasteiger partial charge on any atom is 0.274 e. The van der Waals surface area contributed by atoms with E-state index in [-0.39, 0.29) is 30.2 Å². The maximum atomic E-state index is 13.4. The highest BCUT2D eigenvalue weighted by molar-refractivity contribution is 5.85. The molecule has 2 rings (SSSR count). The largest absolute Gasteiger partial charge is 0.327 e. The second kappa shape index (κ2) is 7.68. The minimum absolute atomic E-state index is 0. The zero-order chi connectivity index (χ0) is 14.7. The first-order valence-electron chi connectivity index (χ1n) is 6.91. The van der Waals surface area contributed by atoms with Crippen molar-refractivity contribution in [2.75, 3.05) is 6.54 Å². The summed E-state index contributed by atoms with van der Waals surface area (Å²) in [5, 5.41) is 11.0. The fraction of sp³-hybridized carbons (Fsp3) is 0.571. The van der Waals surface area contributed by atoms with Gasteiger partial charge in [0.05, 0.1) is 4.92 Å². The molecule has 1 aliphatic rings. The highest BCUT2D eigenvalue weighted by Crippen LogP contribution is 2.26. The van der Waals surface area contributed by atoms with Crippen LogP contribution in [-0.2, 0) is 6.54 Å². The van der Waals surface area contributed by atoms with E-state index in [0.717, 1.165) is 31.9 Å². The molecule has 0 bridgehead atoms. The molecular formula is C14H21ClFN3O2. The Balaban J connectivity index is 0.00000220. The summed E-state index contributed by atoms with van der Waals surface area (Å²) in [5.41, 5.74) is 6.38. The highest BCUT2D eigenvalue weighted by atomic mass is 35.5. The molecule has 0 aliphatic carbocycles. The number of nitrogens with two attached hydrogens (primary N) is 1. The topological polar surface area (TPSA) is 72.4 Å². The van der Waals surface area contributed by atoms with Gasteiger partial charge in [-0.1, -0.05) is 6.42 Å². The van der Waals surface area contributed by atoms with Gasteiger partial charge >= 0.3 is 0 Å². The quantitative estimate of drug-likeness (QED) is 0.684. The molecule has 1 fully saturated rings. The van der Waals surface area contributed by atoms with Gasteiger partial charge in [0.2, 0.25) is 0 Å². The van der Waals surface area contributed by atoms with E-state index in [9.17, 15) is 14.5 Å². The molecule has 0 saturated carbocycles. The number of likely N-dealkylation sites (tertiary alicyclic amines) is 1. The Kier molecular flexibility index (Phi) is 6.51. The van der Waals surface area contributed by atoms with Gasteiger partial charge in [-0.3, -0.25) is 15.0 Å². The summed E-state index contributed by atoms with van der Waals surface area (Å²) >= 11 is 0. The molecule has 7 heteroatoms. The van der Waals surface area contributed by atoms with Crippen LogP contribution in [0.1, 0.15) is 31.7 Å². The molecule has 1 aliphatic heterocycles. The van der Waals surface area contributed by atoms with Crippen molar-refractivity contribution in [1.82, 2.24) is 4.90 Å². The number of nitrogens with zero attached hydrogens (tertiary/aromatic N) is 2. The molecule has 1 saturated heterocycles. The monoisotopic (exact) mass is 317 g/mol. The van der Waals surface area contributed by atoms with E-state index in [1.54, 1.807) is 0 Å². The van der Waals surface area contributed by atoms with Crippen molar-refractivity contribution in [3.05, 3.63) is 39.7 Å². The lowest BCUT2D eigenvalue weighted by molar-refractivity contribution is -0.385. The molecule has 21 heavy (non-hydrogen) atoms. The van der Waals surface area contributed by atoms with Crippen molar-refractivity contribution in [3.63, 3.8) is 0 Å². The number of hydrogen-bond acceptors (Lipinski definition) is 4. The summed E-state index contributed by atoms with van der Waals surface area (Å²) in [6, 6.07) is 3.82. The first-order valence-corrected chi connectivity index (χ1v) is 6.91. The van der Waals surface area contributed by atoms with Gasteiger partial charge in [0, 0.05) is 30.3 Å². The van der Waals surface area contributed by atoms with Gasteiger partial charge in [-0.2, -0.15) is 0 Å². The zero-order valence-corrected chi connectivity index (χ0v) is 12.8. The normalized spacial score (nSPS) is 20.6. The average molecular weight is 318 g/mol. The second-order valence-electron chi connectivity index (χ2n) is 5.42. The molecule has 0 amide bonds. The van der Waals surface area contributed by atoms with Crippen molar-refractivity contribution in [2.45, 2.75) is 44.8 Å². The third-order valence-electron chi connectivity index (χ3n) is 3.88. The Bertz CT molecular complexity index is 499. The van der Waals surface area contributed by atoms with Gasteiger partial charge < -0.3 is 5.73 Å². The maximum absolute atomic E-state index is 13.4. The van der Waals surface area contributed by atoms with Crippen LogP contribution in [-0.4, -0.2) is 28.5 Å². The van der Waals surface area contributed by atoms with E-state index >= 15 is 0 Å². The van der Waals surface area contributed by atoms with Crippen molar-refractivity contribution in [3.8, 4) is 0 Å². The number of nitro groups is 1. The Morgan fingerprint density at radius 2 is 2.24 bits per heavy atom. The molecule has 1 heterocycles. The van der Waals surface area contributed by atoms with Gasteiger partial charge in [0.15, 0.2) is 0 Å². The van der Waals surface area contributed by atoms with E-state index in [2.05, 4.69) is 4.90 Å². The first kappa shape index (κ1) is 17.8. The number of hydrogen-bond donors (Lipinski definition) is 1. The summed E-state index contributed by atoms with van der Waals surface area (Å²) < 4.78 is 13.4. The molecule has 1 aromatic carbocycles. The van der Waals surface area contributed by atoms with Crippen LogP contribution in [0, 0.1) is 15.9 Å². The van der Waals surface area contributed by atoms with Crippen LogP contribution in [0.2, 0.25) is 0 Å². The van der Waals surface area contributed by atoms with Crippen molar-refractivity contribution >= 4 is 18.1 Å². The van der Waals surface area contributed by atoms with Gasteiger partial charge in [-0.05, 0) is 38.4 Å². The summed E-state index contributed by atoms with van der Waals surface area (Å²) in [6.45, 7) is 3.17. The van der Waals surface area contributed by atoms with Crippen LogP contribution >= 0.6 is 12.4 Å². The standard InChI is InChI=1S/C14H20FN3O2.ClH/c1-10(16)13-4-2-3-7-17(13)9-11-8-12(15)5-6-14(11)18(19)20;/h5-6,8,10,13H,2-4,7,9,16H2,1H3;1H. The van der Waals surface area contributed by atoms with Gasteiger partial charge in [0.1, 0.15) is 5.82 Å². The van der Waals surface area contributed by atoms with Crippen LogP contribution in [0.3, 0.4) is 0 Å². The van der Waals surface area contributed by atoms with Crippen LogP contribution in [0.25, 0.3) is 0 Å². The smallest absolute Gasteiger partial charge is 0.274 e. The molecule has 2 N–H and O–H groups in total. The van der Waals surface area contributed by atoms with E-state index < -0.39 is 10.7 Å². The number of nitro benzene ring substituents is 1. The predicted molar refractivity (Wildman–Crippen MR) is 82.0 cm³/mol. The summed E-state index contributed by atoms with van der Waals surface area (Å²) in [6.07, 6.45) is 3.15. The molecule has 5 nitrogen and oxygen atoms in total. The number of piperidine rings is 1. The average Bonchev–Trinajstić information content (AvgIpc) is 2.38. The zero-order valence-electron chi connectivity index (χ0n) is 12.0. The number of halogens is 2. The molecule has 0 spiro atoms. The minimum Gasteiger partial charge on any atom is -0.327 e. The SMILES string of the molecule is CC(N)C1CCCCN1Cc1cc(F)ccc1[N+](=O)[O-].Cl. The first-order chi connectivity index (χ1) is 9.49. The van der Waals surface area contributed by atoms with Crippen LogP contribution < -0.4 is 5.73 Å². The second-order valence-corrected chi connectivity index (χ2v) is 5.42. The fourth-order valence-corrected chi connectivity index (χ4v) is 2.89. The molecule has 1 aromatic rings. The van der Waals surface area contributed by atoms with Crippen molar-refractivity contribution < 1.29 is 9.31 Å². The number of benzene rings is 1. The third kappa shape index (κ3) is 4.36. The molecular weight excluding hydrogens is 297 g/mol. The van der Waals surface area contributed by atoms with Crippen LogP contribution in [0.5, 0.6) is 0 Å². The van der Waals surface area contributed by atoms with Crippen molar-refractivity contribution in [2.24, 2.45) is 5.73 Å². The molecule has 0 radical (unpaired) electrons. The minimum atomic E-state index is -0.459. The van der Waals surface area contributed by atoms with Crippen LogP contribution in [0.4, 0.5) is 10.1 Å². The van der Waals surface area contributed by atoms with E-state index in [1.165, 1.54) is 12.1 Å². The summed E-state index contributed by atoms with van der Waals surface area (Å²) in [5.74, 6) is -0.444. The lowest BCUT2D eigenvalue weighted by Gasteiger charge is -2.37. The number of rotatable bonds is 4. The van der Waals surface area contributed by atoms with E-state index in [0.29, 0.717) is 12.1 Å². The van der Waals surface area contributed by atoms with Crippen LogP contribution in [0.15, 0.2) is 18.2 Å². The third-order valence-corrected chi connectivity index (χ3v) is 3.88. The fourth-order valence-electron chi connectivity index (χ4n) is 2.89. The Morgan fingerprint density at radius 1 is 1.52 bits per heavy atom. The predicted octanol–water partition coefficient (Wildman–Crippen LogP) is 2.86. The van der Waals surface area contributed by atoms with Crippen molar-refractivity contribution in [1.29, 1.82) is 0 Å². The van der Waals surface area contributed by atoms with Gasteiger partial charge in [0.25, 0.3) is 5.69 Å². The molecule has 2 atom stereocenters. The molecule has 118 valence electrons. The highest BCUT2D eigenvalue weighted by Gasteiger charge is 2.27. The Hall–Kier alpha value is -1.24.